The molecule has 1 amide bonds. The molecular formula is C18H22N4O4S. The smallest absolute Gasteiger partial charge is 0.274 e. The van der Waals surface area contributed by atoms with Crippen LogP contribution in [-0.2, 0) is 23.0 Å². The molecule has 2 heterocycles. The van der Waals surface area contributed by atoms with Crippen molar-refractivity contribution in [1.29, 1.82) is 0 Å². The Morgan fingerprint density at radius 2 is 2.15 bits per heavy atom. The Kier molecular flexibility index (Phi) is 5.83. The van der Waals surface area contributed by atoms with Crippen LogP contribution in [0.3, 0.4) is 0 Å². The van der Waals surface area contributed by atoms with Crippen LogP contribution in [0, 0.1) is 0 Å². The number of hydrogen-bond acceptors (Lipinski definition) is 6. The number of aliphatic hydroxyl groups excluding tert-OH is 1. The number of carbonyl (C=O) groups is 1. The second-order valence-corrected chi connectivity index (χ2v) is 8.30. The molecule has 0 unspecified atom stereocenters. The summed E-state index contributed by atoms with van der Waals surface area (Å²) >= 11 is 0. The molecule has 0 spiro atoms. The molecule has 0 radical (unpaired) electrons. The molecule has 9 heteroatoms. The number of fused-ring (bicyclic) bond motifs is 1. The van der Waals surface area contributed by atoms with Gasteiger partial charge in [0.05, 0.1) is 17.2 Å². The lowest BCUT2D eigenvalue weighted by atomic mass is 10.00. The van der Waals surface area contributed by atoms with Crippen molar-refractivity contribution in [2.75, 3.05) is 13.1 Å². The van der Waals surface area contributed by atoms with E-state index in [0.29, 0.717) is 25.9 Å². The number of benzene rings is 1. The minimum Gasteiger partial charge on any atom is -0.393 e. The molecular weight excluding hydrogens is 368 g/mol. The van der Waals surface area contributed by atoms with Gasteiger partial charge in [-0.25, -0.2) is 18.1 Å². The highest BCUT2D eigenvalue weighted by atomic mass is 32.2. The summed E-state index contributed by atoms with van der Waals surface area (Å²) in [5.74, 6) is -0.225. The number of aromatic nitrogens is 2. The molecule has 1 aliphatic heterocycles. The fourth-order valence-electron chi connectivity index (χ4n) is 2.93. The van der Waals surface area contributed by atoms with Gasteiger partial charge in [-0.1, -0.05) is 6.07 Å². The summed E-state index contributed by atoms with van der Waals surface area (Å²) < 4.78 is 27.4. The van der Waals surface area contributed by atoms with E-state index in [2.05, 4.69) is 14.7 Å². The van der Waals surface area contributed by atoms with Gasteiger partial charge in [-0.15, -0.1) is 0 Å². The lowest BCUT2D eigenvalue weighted by Gasteiger charge is -2.29. The molecule has 0 saturated carbocycles. The lowest BCUT2D eigenvalue weighted by molar-refractivity contribution is 0.0728. The van der Waals surface area contributed by atoms with E-state index in [1.165, 1.54) is 18.6 Å². The van der Waals surface area contributed by atoms with E-state index >= 15 is 0 Å². The van der Waals surface area contributed by atoms with Crippen molar-refractivity contribution in [3.63, 3.8) is 0 Å². The molecule has 3 rings (SSSR count). The fourth-order valence-corrected chi connectivity index (χ4v) is 4.03. The average Bonchev–Trinajstić information content (AvgIpc) is 2.66. The highest BCUT2D eigenvalue weighted by molar-refractivity contribution is 7.89. The molecule has 1 atom stereocenters. The third-order valence-electron chi connectivity index (χ3n) is 4.42. The van der Waals surface area contributed by atoms with Crippen molar-refractivity contribution in [3.8, 4) is 0 Å². The van der Waals surface area contributed by atoms with Gasteiger partial charge in [-0.2, -0.15) is 0 Å². The zero-order valence-corrected chi connectivity index (χ0v) is 15.8. The molecule has 1 aliphatic rings. The van der Waals surface area contributed by atoms with Crippen molar-refractivity contribution in [2.45, 2.75) is 37.3 Å². The quantitative estimate of drug-likeness (QED) is 0.752. The maximum atomic E-state index is 12.6. The lowest BCUT2D eigenvalue weighted by Crippen LogP contribution is -2.36. The van der Waals surface area contributed by atoms with Crippen LogP contribution in [0.5, 0.6) is 0 Å². The van der Waals surface area contributed by atoms with Crippen LogP contribution in [0.2, 0.25) is 0 Å². The third-order valence-corrected chi connectivity index (χ3v) is 5.88. The van der Waals surface area contributed by atoms with E-state index in [9.17, 15) is 18.3 Å². The summed E-state index contributed by atoms with van der Waals surface area (Å²) in [5.41, 5.74) is 2.10. The first-order valence-corrected chi connectivity index (χ1v) is 10.2. The maximum Gasteiger partial charge on any atom is 0.274 e. The van der Waals surface area contributed by atoms with E-state index in [4.69, 9.17) is 0 Å². The molecule has 0 saturated heterocycles. The minimum absolute atomic E-state index is 0.153. The van der Waals surface area contributed by atoms with Gasteiger partial charge in [0.1, 0.15) is 5.69 Å². The molecule has 0 fully saturated rings. The Labute approximate surface area is 158 Å². The van der Waals surface area contributed by atoms with Gasteiger partial charge in [-0.05, 0) is 43.0 Å². The minimum atomic E-state index is -3.67. The Hall–Kier alpha value is -2.36. The molecule has 2 N–H and O–H groups in total. The number of hydrogen-bond donors (Lipinski definition) is 2. The zero-order valence-electron chi connectivity index (χ0n) is 15.0. The number of sulfonamides is 1. The summed E-state index contributed by atoms with van der Waals surface area (Å²) in [6.45, 7) is 2.63. The van der Waals surface area contributed by atoms with Crippen molar-refractivity contribution in [3.05, 3.63) is 53.6 Å². The fraction of sp³-hybridized carbons (Fsp3) is 0.389. The third kappa shape index (κ3) is 4.68. The SMILES string of the molecule is C[C@H](O)CCNS(=O)(=O)c1ccc2c(c1)CN(C(=O)c1cnccn1)CC2. The summed E-state index contributed by atoms with van der Waals surface area (Å²) in [6.07, 6.45) is 4.81. The Morgan fingerprint density at radius 3 is 2.85 bits per heavy atom. The van der Waals surface area contributed by atoms with Crippen LogP contribution in [0.1, 0.15) is 35.0 Å². The van der Waals surface area contributed by atoms with Gasteiger partial charge in [-0.3, -0.25) is 9.78 Å². The number of rotatable bonds is 6. The topological polar surface area (TPSA) is 112 Å². The van der Waals surface area contributed by atoms with E-state index in [-0.39, 0.29) is 23.0 Å². The van der Waals surface area contributed by atoms with Crippen molar-refractivity contribution < 1.29 is 18.3 Å². The highest BCUT2D eigenvalue weighted by Gasteiger charge is 2.24. The van der Waals surface area contributed by atoms with Gasteiger partial charge in [0.2, 0.25) is 10.0 Å². The molecule has 144 valence electrons. The van der Waals surface area contributed by atoms with Crippen LogP contribution in [-0.4, -0.2) is 53.5 Å². The monoisotopic (exact) mass is 390 g/mol. The summed E-state index contributed by atoms with van der Waals surface area (Å²) in [7, 11) is -3.67. The number of carbonyl (C=O) groups excluding carboxylic acids is 1. The Balaban J connectivity index is 1.76. The predicted octanol–water partition coefficient (Wildman–Crippen LogP) is 0.724. The molecule has 2 aromatic rings. The molecule has 1 aromatic heterocycles. The molecule has 0 bridgehead atoms. The summed E-state index contributed by atoms with van der Waals surface area (Å²) in [4.78, 5) is 22.3. The van der Waals surface area contributed by atoms with Crippen molar-refractivity contribution in [1.82, 2.24) is 19.6 Å². The summed E-state index contributed by atoms with van der Waals surface area (Å²) in [6, 6.07) is 4.97. The molecule has 8 nitrogen and oxygen atoms in total. The van der Waals surface area contributed by atoms with Gasteiger partial charge in [0.15, 0.2) is 0 Å². The predicted molar refractivity (Wildman–Crippen MR) is 98.4 cm³/mol. The van der Waals surface area contributed by atoms with Gasteiger partial charge >= 0.3 is 0 Å². The average molecular weight is 390 g/mol. The van der Waals surface area contributed by atoms with E-state index in [1.807, 2.05) is 0 Å². The van der Waals surface area contributed by atoms with Crippen molar-refractivity contribution in [2.24, 2.45) is 0 Å². The highest BCUT2D eigenvalue weighted by Crippen LogP contribution is 2.23. The largest absolute Gasteiger partial charge is 0.393 e. The van der Waals surface area contributed by atoms with Crippen molar-refractivity contribution >= 4 is 15.9 Å². The van der Waals surface area contributed by atoms with Gasteiger partial charge in [0, 0.05) is 32.0 Å². The van der Waals surface area contributed by atoms with E-state index < -0.39 is 16.1 Å². The molecule has 1 aromatic carbocycles. The number of nitrogens with one attached hydrogen (secondary N) is 1. The first-order valence-electron chi connectivity index (χ1n) is 8.71. The first kappa shape index (κ1) is 19.4. The van der Waals surface area contributed by atoms with Crippen LogP contribution in [0.4, 0.5) is 0 Å². The second-order valence-electron chi connectivity index (χ2n) is 6.53. The van der Waals surface area contributed by atoms with Crippen LogP contribution < -0.4 is 4.72 Å². The maximum absolute atomic E-state index is 12.6. The van der Waals surface area contributed by atoms with Gasteiger partial charge < -0.3 is 10.0 Å². The molecule has 0 aliphatic carbocycles. The Bertz CT molecular complexity index is 916. The normalized spacial score (nSPS) is 15.3. The number of nitrogens with zero attached hydrogens (tertiary/aromatic N) is 3. The van der Waals surface area contributed by atoms with Crippen LogP contribution >= 0.6 is 0 Å². The molecule has 27 heavy (non-hydrogen) atoms. The van der Waals surface area contributed by atoms with Crippen LogP contribution in [0.25, 0.3) is 0 Å². The zero-order chi connectivity index (χ0) is 19.4. The van der Waals surface area contributed by atoms with E-state index in [0.717, 1.165) is 11.1 Å². The summed E-state index contributed by atoms with van der Waals surface area (Å²) in [5, 5.41) is 9.27. The second kappa shape index (κ2) is 8.12. The standard InChI is InChI=1S/C18H22N4O4S/c1-13(23)4-6-21-27(25,26)16-3-2-14-5-9-22(12-15(14)10-16)18(24)17-11-19-7-8-20-17/h2-3,7-8,10-11,13,21,23H,4-6,9,12H2,1H3/t13-/m0/s1. The number of aliphatic hydroxyl groups is 1. The van der Waals surface area contributed by atoms with Gasteiger partial charge in [0.25, 0.3) is 5.91 Å². The Morgan fingerprint density at radius 1 is 1.33 bits per heavy atom. The first-order chi connectivity index (χ1) is 12.9. The van der Waals surface area contributed by atoms with Crippen LogP contribution in [0.15, 0.2) is 41.7 Å². The number of amides is 1. The van der Waals surface area contributed by atoms with E-state index in [1.54, 1.807) is 30.0 Å².